The summed E-state index contributed by atoms with van der Waals surface area (Å²) in [5.74, 6) is 1.14. The molecule has 0 radical (unpaired) electrons. The van der Waals surface area contributed by atoms with Gasteiger partial charge in [-0.05, 0) is 75.6 Å². The van der Waals surface area contributed by atoms with Crippen molar-refractivity contribution >= 4 is 21.6 Å². The van der Waals surface area contributed by atoms with E-state index >= 15 is 0 Å². The van der Waals surface area contributed by atoms with E-state index in [0.29, 0.717) is 24.5 Å². The number of hydrogen-bond donors (Lipinski definition) is 1. The summed E-state index contributed by atoms with van der Waals surface area (Å²) in [6.07, 6.45) is 1.57. The van der Waals surface area contributed by atoms with E-state index in [2.05, 4.69) is 5.32 Å². The third-order valence-corrected chi connectivity index (χ3v) is 7.58. The Morgan fingerprint density at radius 1 is 0.921 bits per heavy atom. The molecule has 3 aromatic rings. The lowest BCUT2D eigenvalue weighted by Crippen LogP contribution is -2.41. The van der Waals surface area contributed by atoms with Gasteiger partial charge in [-0.2, -0.15) is 0 Å². The van der Waals surface area contributed by atoms with Gasteiger partial charge in [0.25, 0.3) is 10.0 Å². The Balaban J connectivity index is 1.73. The van der Waals surface area contributed by atoms with E-state index in [-0.39, 0.29) is 16.7 Å². The SMILES string of the molecule is COc1ccc(OC)c(N(CC(=O)NCCCc2ccc(OC(C)C)cc2)S(=O)(=O)c2ccc(C)cc2)c1. The van der Waals surface area contributed by atoms with Crippen molar-refractivity contribution in [2.24, 2.45) is 0 Å². The van der Waals surface area contributed by atoms with Crippen molar-refractivity contribution in [1.82, 2.24) is 5.32 Å². The van der Waals surface area contributed by atoms with Gasteiger partial charge in [0.1, 0.15) is 23.8 Å². The molecule has 9 heteroatoms. The zero-order chi connectivity index (χ0) is 27.7. The van der Waals surface area contributed by atoms with Crippen molar-refractivity contribution in [3.05, 3.63) is 77.9 Å². The highest BCUT2D eigenvalue weighted by atomic mass is 32.2. The first-order valence-electron chi connectivity index (χ1n) is 12.5. The van der Waals surface area contributed by atoms with Gasteiger partial charge in [-0.25, -0.2) is 8.42 Å². The zero-order valence-corrected chi connectivity index (χ0v) is 23.4. The number of nitrogens with zero attached hydrogens (tertiary/aromatic N) is 1. The van der Waals surface area contributed by atoms with E-state index in [4.69, 9.17) is 14.2 Å². The first kappa shape index (κ1) is 28.8. The van der Waals surface area contributed by atoms with Crippen LogP contribution in [0.5, 0.6) is 17.2 Å². The topological polar surface area (TPSA) is 94.2 Å². The Kier molecular flexibility index (Phi) is 10.0. The van der Waals surface area contributed by atoms with Crippen LogP contribution in [0.1, 0.15) is 31.4 Å². The summed E-state index contributed by atoms with van der Waals surface area (Å²) in [5, 5.41) is 2.85. The molecule has 3 rings (SSSR count). The lowest BCUT2D eigenvalue weighted by molar-refractivity contribution is -0.119. The maximum Gasteiger partial charge on any atom is 0.264 e. The molecule has 0 unspecified atom stereocenters. The van der Waals surface area contributed by atoms with Crippen LogP contribution in [-0.2, 0) is 21.2 Å². The number of rotatable bonds is 13. The van der Waals surface area contributed by atoms with Crippen molar-refractivity contribution in [3.63, 3.8) is 0 Å². The van der Waals surface area contributed by atoms with E-state index < -0.39 is 22.5 Å². The maximum absolute atomic E-state index is 13.7. The van der Waals surface area contributed by atoms with Crippen LogP contribution in [0.3, 0.4) is 0 Å². The lowest BCUT2D eigenvalue weighted by atomic mass is 10.1. The Morgan fingerprint density at radius 2 is 1.58 bits per heavy atom. The molecule has 0 atom stereocenters. The van der Waals surface area contributed by atoms with Crippen molar-refractivity contribution in [2.75, 3.05) is 31.6 Å². The highest BCUT2D eigenvalue weighted by Gasteiger charge is 2.30. The second-order valence-electron chi connectivity index (χ2n) is 9.13. The zero-order valence-electron chi connectivity index (χ0n) is 22.6. The summed E-state index contributed by atoms with van der Waals surface area (Å²) >= 11 is 0. The minimum Gasteiger partial charge on any atom is -0.497 e. The number of nitrogens with one attached hydrogen (secondary N) is 1. The summed E-state index contributed by atoms with van der Waals surface area (Å²) in [7, 11) is -1.15. The molecule has 0 bridgehead atoms. The van der Waals surface area contributed by atoms with Crippen molar-refractivity contribution in [1.29, 1.82) is 0 Å². The van der Waals surface area contributed by atoms with E-state index in [1.165, 1.54) is 26.4 Å². The normalized spacial score (nSPS) is 11.2. The number of amides is 1. The van der Waals surface area contributed by atoms with Gasteiger partial charge in [0, 0.05) is 12.6 Å². The van der Waals surface area contributed by atoms with Crippen LogP contribution in [0.25, 0.3) is 0 Å². The molecule has 3 aromatic carbocycles. The summed E-state index contributed by atoms with van der Waals surface area (Å²) in [5.41, 5.74) is 2.26. The third kappa shape index (κ3) is 7.64. The highest BCUT2D eigenvalue weighted by Crippen LogP contribution is 2.35. The molecule has 0 spiro atoms. The minimum absolute atomic E-state index is 0.0747. The van der Waals surface area contributed by atoms with Crippen LogP contribution >= 0.6 is 0 Å². The predicted molar refractivity (Wildman–Crippen MR) is 149 cm³/mol. The monoisotopic (exact) mass is 540 g/mol. The quantitative estimate of drug-likeness (QED) is 0.315. The van der Waals surface area contributed by atoms with Crippen LogP contribution in [-0.4, -0.2) is 47.7 Å². The number of sulfonamides is 1. The van der Waals surface area contributed by atoms with Crippen molar-refractivity contribution < 1.29 is 27.4 Å². The van der Waals surface area contributed by atoms with E-state index in [9.17, 15) is 13.2 Å². The Hall–Kier alpha value is -3.72. The molecular weight excluding hydrogens is 504 g/mol. The number of anilines is 1. The predicted octanol–water partition coefficient (Wildman–Crippen LogP) is 4.74. The second kappa shape index (κ2) is 13.2. The Bertz CT molecular complexity index is 1310. The van der Waals surface area contributed by atoms with E-state index in [0.717, 1.165) is 27.6 Å². The Morgan fingerprint density at radius 3 is 2.18 bits per heavy atom. The van der Waals surface area contributed by atoms with Gasteiger partial charge < -0.3 is 19.5 Å². The number of carbonyl (C=O) groups excluding carboxylic acids is 1. The molecule has 0 aliphatic rings. The van der Waals surface area contributed by atoms with Gasteiger partial charge in [-0.15, -0.1) is 0 Å². The number of carbonyl (C=O) groups is 1. The third-order valence-electron chi connectivity index (χ3n) is 5.81. The molecule has 38 heavy (non-hydrogen) atoms. The van der Waals surface area contributed by atoms with Crippen molar-refractivity contribution in [3.8, 4) is 17.2 Å². The first-order valence-corrected chi connectivity index (χ1v) is 13.9. The molecule has 0 saturated heterocycles. The van der Waals surface area contributed by atoms with Crippen LogP contribution in [0.15, 0.2) is 71.6 Å². The molecule has 204 valence electrons. The van der Waals surface area contributed by atoms with Gasteiger partial charge in [0.2, 0.25) is 5.91 Å². The molecule has 1 N–H and O–H groups in total. The molecule has 1 amide bonds. The fourth-order valence-corrected chi connectivity index (χ4v) is 5.27. The molecule has 0 aliphatic heterocycles. The number of ether oxygens (including phenoxy) is 3. The van der Waals surface area contributed by atoms with Gasteiger partial charge in [-0.1, -0.05) is 29.8 Å². The largest absolute Gasteiger partial charge is 0.497 e. The summed E-state index contributed by atoms with van der Waals surface area (Å²) in [4.78, 5) is 13.0. The van der Waals surface area contributed by atoms with Crippen molar-refractivity contribution in [2.45, 2.75) is 44.6 Å². The van der Waals surface area contributed by atoms with Gasteiger partial charge >= 0.3 is 0 Å². The smallest absolute Gasteiger partial charge is 0.264 e. The lowest BCUT2D eigenvalue weighted by Gasteiger charge is -2.26. The summed E-state index contributed by atoms with van der Waals surface area (Å²) in [6, 6.07) is 19.2. The van der Waals surface area contributed by atoms with Gasteiger partial charge in [0.05, 0.1) is 30.9 Å². The number of methoxy groups -OCH3 is 2. The van der Waals surface area contributed by atoms with Crippen LogP contribution < -0.4 is 23.8 Å². The number of benzene rings is 3. The Labute approximate surface area is 225 Å². The molecule has 0 aliphatic carbocycles. The molecule has 0 saturated carbocycles. The summed E-state index contributed by atoms with van der Waals surface area (Å²) in [6.45, 7) is 5.82. The van der Waals surface area contributed by atoms with Crippen LogP contribution in [0.2, 0.25) is 0 Å². The highest BCUT2D eigenvalue weighted by molar-refractivity contribution is 7.92. The average molecular weight is 541 g/mol. The fraction of sp³-hybridized carbons (Fsp3) is 0.345. The van der Waals surface area contributed by atoms with Crippen LogP contribution in [0.4, 0.5) is 5.69 Å². The van der Waals surface area contributed by atoms with Crippen LogP contribution in [0, 0.1) is 6.92 Å². The standard InChI is InChI=1S/C29H36N2O6S/c1-21(2)37-24-12-10-23(11-13-24)7-6-18-30-29(32)20-31(27-19-25(35-4)14-17-28(27)36-5)38(33,34)26-15-8-22(3)9-16-26/h8-17,19,21H,6-7,18,20H2,1-5H3,(H,30,32). The minimum atomic E-state index is -4.08. The summed E-state index contributed by atoms with van der Waals surface area (Å²) < 4.78 is 44.9. The molecule has 0 aromatic heterocycles. The molecular formula is C29H36N2O6S. The number of hydrogen-bond acceptors (Lipinski definition) is 6. The molecule has 0 heterocycles. The van der Waals surface area contributed by atoms with E-state index in [1.807, 2.05) is 45.0 Å². The first-order chi connectivity index (χ1) is 18.1. The average Bonchev–Trinajstić information content (AvgIpc) is 2.90. The second-order valence-corrected chi connectivity index (χ2v) is 11.0. The molecule has 0 fully saturated rings. The maximum atomic E-state index is 13.7. The fourth-order valence-electron chi connectivity index (χ4n) is 3.84. The van der Waals surface area contributed by atoms with E-state index in [1.54, 1.807) is 30.3 Å². The van der Waals surface area contributed by atoms with Gasteiger partial charge in [0.15, 0.2) is 0 Å². The molecule has 8 nitrogen and oxygen atoms in total. The van der Waals surface area contributed by atoms with Gasteiger partial charge in [-0.3, -0.25) is 9.10 Å². The number of aryl methyl sites for hydroxylation is 2.